The number of nitrogens with zero attached hydrogens (tertiary/aromatic N) is 1. The van der Waals surface area contributed by atoms with E-state index in [2.05, 4.69) is 30.7 Å². The molecular weight excluding hydrogens is 186 g/mol. The highest BCUT2D eigenvalue weighted by Crippen LogP contribution is 2.07. The third-order valence-electron chi connectivity index (χ3n) is 2.27. The van der Waals surface area contributed by atoms with Crippen molar-refractivity contribution < 1.29 is 0 Å². The van der Waals surface area contributed by atoms with Crippen LogP contribution >= 0.6 is 0 Å². The summed E-state index contributed by atoms with van der Waals surface area (Å²) in [4.78, 5) is 4.33. The SMILES string of the molecule is C=C(NCC)/C(N)=C(/C)N=CC(C)CC. The van der Waals surface area contributed by atoms with Crippen LogP contribution in [0.3, 0.4) is 0 Å². The lowest BCUT2D eigenvalue weighted by molar-refractivity contribution is 0.753. The van der Waals surface area contributed by atoms with Crippen LogP contribution in [0.2, 0.25) is 0 Å². The molecule has 0 aliphatic heterocycles. The summed E-state index contributed by atoms with van der Waals surface area (Å²) in [7, 11) is 0. The molecule has 0 aromatic heterocycles. The first-order valence-electron chi connectivity index (χ1n) is 5.46. The number of hydrogen-bond acceptors (Lipinski definition) is 3. The van der Waals surface area contributed by atoms with Gasteiger partial charge in [-0.05, 0) is 26.2 Å². The molecule has 0 aliphatic rings. The van der Waals surface area contributed by atoms with Crippen LogP contribution in [0.5, 0.6) is 0 Å². The van der Waals surface area contributed by atoms with Gasteiger partial charge in [-0.25, -0.2) is 0 Å². The van der Waals surface area contributed by atoms with Crippen molar-refractivity contribution in [1.82, 2.24) is 5.32 Å². The van der Waals surface area contributed by atoms with Gasteiger partial charge in [-0.2, -0.15) is 0 Å². The molecule has 0 radical (unpaired) electrons. The van der Waals surface area contributed by atoms with E-state index in [1.807, 2.05) is 20.1 Å². The molecule has 15 heavy (non-hydrogen) atoms. The Kier molecular flexibility index (Phi) is 6.50. The van der Waals surface area contributed by atoms with Gasteiger partial charge in [-0.15, -0.1) is 0 Å². The van der Waals surface area contributed by atoms with E-state index < -0.39 is 0 Å². The minimum Gasteiger partial charge on any atom is -0.396 e. The Bertz CT molecular complexity index is 264. The van der Waals surface area contributed by atoms with Crippen LogP contribution in [0.15, 0.2) is 28.7 Å². The lowest BCUT2D eigenvalue weighted by Gasteiger charge is -2.09. The summed E-state index contributed by atoms with van der Waals surface area (Å²) >= 11 is 0. The Hall–Kier alpha value is -1.25. The molecule has 3 nitrogen and oxygen atoms in total. The third-order valence-corrected chi connectivity index (χ3v) is 2.27. The number of allylic oxidation sites excluding steroid dienone is 1. The van der Waals surface area contributed by atoms with E-state index in [-0.39, 0.29) is 0 Å². The Balaban J connectivity index is 4.50. The molecule has 3 N–H and O–H groups in total. The van der Waals surface area contributed by atoms with Crippen LogP contribution in [-0.2, 0) is 0 Å². The average molecular weight is 209 g/mol. The zero-order valence-electron chi connectivity index (χ0n) is 10.3. The first kappa shape index (κ1) is 13.8. The van der Waals surface area contributed by atoms with Crippen molar-refractivity contribution in [3.63, 3.8) is 0 Å². The highest BCUT2D eigenvalue weighted by atomic mass is 14.9. The number of aliphatic imine (C=N–C) groups is 1. The highest BCUT2D eigenvalue weighted by molar-refractivity contribution is 5.61. The number of hydrogen-bond donors (Lipinski definition) is 2. The van der Waals surface area contributed by atoms with Gasteiger partial charge in [-0.1, -0.05) is 20.4 Å². The molecule has 0 fully saturated rings. The molecule has 0 saturated carbocycles. The van der Waals surface area contributed by atoms with Crippen molar-refractivity contribution in [2.45, 2.75) is 34.1 Å². The van der Waals surface area contributed by atoms with Gasteiger partial charge in [0.05, 0.1) is 17.1 Å². The summed E-state index contributed by atoms with van der Waals surface area (Å²) in [6.07, 6.45) is 3.02. The van der Waals surface area contributed by atoms with E-state index in [1.54, 1.807) is 0 Å². The molecule has 3 heteroatoms. The molecule has 0 spiro atoms. The molecule has 0 aromatic carbocycles. The number of rotatable bonds is 6. The molecule has 0 saturated heterocycles. The monoisotopic (exact) mass is 209 g/mol. The third kappa shape index (κ3) is 5.25. The van der Waals surface area contributed by atoms with E-state index in [4.69, 9.17) is 5.73 Å². The summed E-state index contributed by atoms with van der Waals surface area (Å²) in [6, 6.07) is 0. The van der Waals surface area contributed by atoms with Gasteiger partial charge in [0.2, 0.25) is 0 Å². The van der Waals surface area contributed by atoms with E-state index in [1.165, 1.54) is 0 Å². The number of likely N-dealkylation sites (N-methyl/N-ethyl adjacent to an activating group) is 1. The Morgan fingerprint density at radius 3 is 2.60 bits per heavy atom. The zero-order chi connectivity index (χ0) is 11.8. The maximum absolute atomic E-state index is 5.88. The fraction of sp³-hybridized carbons (Fsp3) is 0.583. The summed E-state index contributed by atoms with van der Waals surface area (Å²) < 4.78 is 0. The van der Waals surface area contributed by atoms with Gasteiger partial charge in [0.15, 0.2) is 0 Å². The minimum absolute atomic E-state index is 0.486. The normalized spacial score (nSPS) is 14.9. The molecule has 0 rings (SSSR count). The maximum atomic E-state index is 5.88. The molecule has 0 amide bonds. The first-order valence-corrected chi connectivity index (χ1v) is 5.46. The van der Waals surface area contributed by atoms with E-state index in [9.17, 15) is 0 Å². The van der Waals surface area contributed by atoms with Crippen LogP contribution < -0.4 is 11.1 Å². The molecule has 0 bridgehead atoms. The van der Waals surface area contributed by atoms with Crippen LogP contribution in [0.25, 0.3) is 0 Å². The summed E-state index contributed by atoms with van der Waals surface area (Å²) in [5.41, 5.74) is 8.08. The maximum Gasteiger partial charge on any atom is 0.0759 e. The van der Waals surface area contributed by atoms with Crippen molar-refractivity contribution in [3.05, 3.63) is 23.7 Å². The minimum atomic E-state index is 0.486. The predicted molar refractivity (Wildman–Crippen MR) is 67.7 cm³/mol. The first-order chi connectivity index (χ1) is 7.02. The molecular formula is C12H23N3. The largest absolute Gasteiger partial charge is 0.396 e. The van der Waals surface area contributed by atoms with Gasteiger partial charge in [0, 0.05) is 12.8 Å². The van der Waals surface area contributed by atoms with Crippen molar-refractivity contribution >= 4 is 6.21 Å². The van der Waals surface area contributed by atoms with Gasteiger partial charge in [0.1, 0.15) is 0 Å². The molecule has 0 aliphatic carbocycles. The lowest BCUT2D eigenvalue weighted by atomic mass is 10.1. The fourth-order valence-corrected chi connectivity index (χ4v) is 0.941. The van der Waals surface area contributed by atoms with Crippen LogP contribution in [0.1, 0.15) is 34.1 Å². The second-order valence-electron chi connectivity index (χ2n) is 3.67. The lowest BCUT2D eigenvalue weighted by Crippen LogP contribution is -2.18. The summed E-state index contributed by atoms with van der Waals surface area (Å²) in [5, 5.41) is 3.08. The Labute approximate surface area is 93.2 Å². The number of nitrogens with two attached hydrogens (primary N) is 1. The van der Waals surface area contributed by atoms with Gasteiger partial charge >= 0.3 is 0 Å². The fourth-order valence-electron chi connectivity index (χ4n) is 0.941. The topological polar surface area (TPSA) is 50.4 Å². The van der Waals surface area contributed by atoms with E-state index >= 15 is 0 Å². The van der Waals surface area contributed by atoms with Gasteiger partial charge in [-0.3, -0.25) is 4.99 Å². The second-order valence-corrected chi connectivity index (χ2v) is 3.67. The quantitative estimate of drug-likeness (QED) is 0.521. The highest BCUT2D eigenvalue weighted by Gasteiger charge is 2.00. The van der Waals surface area contributed by atoms with Crippen LogP contribution in [0, 0.1) is 5.92 Å². The number of nitrogens with one attached hydrogen (secondary N) is 1. The smallest absolute Gasteiger partial charge is 0.0759 e. The van der Waals surface area contributed by atoms with Crippen molar-refractivity contribution in [3.8, 4) is 0 Å². The molecule has 1 unspecified atom stereocenters. The van der Waals surface area contributed by atoms with Gasteiger partial charge < -0.3 is 11.1 Å². The standard InChI is InChI=1S/C12H23N3/c1-6-9(3)8-15-11(5)12(13)10(4)14-7-2/h8-9,14H,4,6-7,13H2,1-3,5H3/b12-11+,15-8?. The molecule has 0 heterocycles. The molecule has 1 atom stereocenters. The van der Waals surface area contributed by atoms with Crippen molar-refractivity contribution in [2.75, 3.05) is 6.54 Å². The predicted octanol–water partition coefficient (Wildman–Crippen LogP) is 2.42. The zero-order valence-corrected chi connectivity index (χ0v) is 10.3. The van der Waals surface area contributed by atoms with E-state index in [0.29, 0.717) is 11.6 Å². The van der Waals surface area contributed by atoms with Crippen molar-refractivity contribution in [2.24, 2.45) is 16.6 Å². The van der Waals surface area contributed by atoms with E-state index in [0.717, 1.165) is 24.4 Å². The van der Waals surface area contributed by atoms with Crippen LogP contribution in [-0.4, -0.2) is 12.8 Å². The average Bonchev–Trinajstić information content (AvgIpc) is 2.24. The summed E-state index contributed by atoms with van der Waals surface area (Å²) in [5.74, 6) is 0.486. The second kappa shape index (κ2) is 7.10. The molecule has 0 aromatic rings. The van der Waals surface area contributed by atoms with Crippen LogP contribution in [0.4, 0.5) is 0 Å². The van der Waals surface area contributed by atoms with Crippen molar-refractivity contribution in [1.29, 1.82) is 0 Å². The molecule has 86 valence electrons. The van der Waals surface area contributed by atoms with Gasteiger partial charge in [0.25, 0.3) is 0 Å². The Morgan fingerprint density at radius 1 is 1.53 bits per heavy atom. The Morgan fingerprint density at radius 2 is 2.13 bits per heavy atom. The summed E-state index contributed by atoms with van der Waals surface area (Å²) in [6.45, 7) is 12.8.